The summed E-state index contributed by atoms with van der Waals surface area (Å²) in [4.78, 5) is 16.1. The number of anilines is 1. The summed E-state index contributed by atoms with van der Waals surface area (Å²) < 4.78 is 13.7. The number of hydrogen-bond acceptors (Lipinski definition) is 2. The van der Waals surface area contributed by atoms with Gasteiger partial charge >= 0.3 is 6.03 Å². The molecule has 0 fully saturated rings. The highest BCUT2D eigenvalue weighted by molar-refractivity contribution is 6.30. The molecular formula is C17H13ClFN3O. The molecule has 0 atom stereocenters. The van der Waals surface area contributed by atoms with E-state index in [4.69, 9.17) is 11.6 Å². The van der Waals surface area contributed by atoms with E-state index in [9.17, 15) is 9.18 Å². The Hall–Kier alpha value is -2.66. The zero-order valence-corrected chi connectivity index (χ0v) is 12.8. The fraction of sp³-hybridized carbons (Fsp3) is 0.0588. The van der Waals surface area contributed by atoms with Crippen molar-refractivity contribution in [2.45, 2.75) is 6.54 Å². The van der Waals surface area contributed by atoms with E-state index in [1.165, 1.54) is 6.07 Å². The Morgan fingerprint density at radius 1 is 1.22 bits per heavy atom. The van der Waals surface area contributed by atoms with Gasteiger partial charge in [-0.3, -0.25) is 4.98 Å². The number of urea groups is 1. The van der Waals surface area contributed by atoms with E-state index < -0.39 is 11.8 Å². The molecule has 0 aliphatic rings. The molecule has 2 aromatic carbocycles. The molecule has 0 radical (unpaired) electrons. The van der Waals surface area contributed by atoms with Crippen LogP contribution in [0.4, 0.5) is 14.9 Å². The molecule has 2 amide bonds. The van der Waals surface area contributed by atoms with Gasteiger partial charge in [-0.1, -0.05) is 29.8 Å². The van der Waals surface area contributed by atoms with Gasteiger partial charge in [-0.15, -0.1) is 0 Å². The maximum Gasteiger partial charge on any atom is 0.319 e. The molecule has 23 heavy (non-hydrogen) atoms. The monoisotopic (exact) mass is 329 g/mol. The summed E-state index contributed by atoms with van der Waals surface area (Å²) >= 11 is 5.70. The number of aromatic nitrogens is 1. The number of rotatable bonds is 3. The van der Waals surface area contributed by atoms with E-state index in [1.54, 1.807) is 30.6 Å². The minimum Gasteiger partial charge on any atom is -0.334 e. The summed E-state index contributed by atoms with van der Waals surface area (Å²) in [5.41, 5.74) is 1.03. The number of pyridine rings is 1. The topological polar surface area (TPSA) is 54.0 Å². The van der Waals surface area contributed by atoms with E-state index in [1.807, 2.05) is 18.2 Å². The van der Waals surface area contributed by atoms with Gasteiger partial charge in [0, 0.05) is 40.3 Å². The Morgan fingerprint density at radius 2 is 2.09 bits per heavy atom. The Bertz CT molecular complexity index is 864. The Morgan fingerprint density at radius 3 is 2.91 bits per heavy atom. The number of fused-ring (bicyclic) bond motifs is 1. The van der Waals surface area contributed by atoms with E-state index >= 15 is 0 Å². The zero-order valence-electron chi connectivity index (χ0n) is 12.0. The third-order valence-corrected chi connectivity index (χ3v) is 3.62. The number of amides is 2. The highest BCUT2D eigenvalue weighted by atomic mass is 35.5. The fourth-order valence-corrected chi connectivity index (χ4v) is 2.40. The van der Waals surface area contributed by atoms with Crippen LogP contribution in [-0.2, 0) is 6.54 Å². The zero-order chi connectivity index (χ0) is 16.2. The van der Waals surface area contributed by atoms with Crippen LogP contribution in [0.1, 0.15) is 5.56 Å². The second kappa shape index (κ2) is 6.62. The Kier molecular flexibility index (Phi) is 4.39. The van der Waals surface area contributed by atoms with Crippen LogP contribution < -0.4 is 10.6 Å². The van der Waals surface area contributed by atoms with Crippen LogP contribution in [0.25, 0.3) is 10.8 Å². The van der Waals surface area contributed by atoms with E-state index in [-0.39, 0.29) is 6.54 Å². The number of benzene rings is 2. The highest BCUT2D eigenvalue weighted by Crippen LogP contribution is 2.22. The van der Waals surface area contributed by atoms with Gasteiger partial charge in [-0.05, 0) is 24.3 Å². The molecule has 1 heterocycles. The molecule has 0 saturated heterocycles. The predicted molar refractivity (Wildman–Crippen MR) is 89.0 cm³/mol. The molecule has 0 aliphatic carbocycles. The Labute approximate surface area is 137 Å². The normalized spacial score (nSPS) is 10.5. The van der Waals surface area contributed by atoms with Crippen LogP contribution in [-0.4, -0.2) is 11.0 Å². The minimum absolute atomic E-state index is 0.0706. The van der Waals surface area contributed by atoms with Crippen LogP contribution in [0.3, 0.4) is 0 Å². The van der Waals surface area contributed by atoms with Gasteiger partial charge in [-0.2, -0.15) is 0 Å². The molecule has 4 nitrogen and oxygen atoms in total. The van der Waals surface area contributed by atoms with Crippen LogP contribution in [0, 0.1) is 5.82 Å². The van der Waals surface area contributed by atoms with Crippen molar-refractivity contribution < 1.29 is 9.18 Å². The lowest BCUT2D eigenvalue weighted by molar-refractivity contribution is 0.251. The van der Waals surface area contributed by atoms with Crippen molar-refractivity contribution in [1.82, 2.24) is 10.3 Å². The van der Waals surface area contributed by atoms with Crippen molar-refractivity contribution in [3.05, 3.63) is 71.3 Å². The molecule has 2 N–H and O–H groups in total. The first-order valence-corrected chi connectivity index (χ1v) is 7.33. The number of carbonyl (C=O) groups is 1. The lowest BCUT2D eigenvalue weighted by Gasteiger charge is -2.10. The minimum atomic E-state index is -0.450. The molecule has 1 aromatic heterocycles. The van der Waals surface area contributed by atoms with Crippen molar-refractivity contribution in [1.29, 1.82) is 0 Å². The van der Waals surface area contributed by atoms with Crippen molar-refractivity contribution in [3.63, 3.8) is 0 Å². The van der Waals surface area contributed by atoms with Crippen molar-refractivity contribution in [3.8, 4) is 0 Å². The second-order valence-electron chi connectivity index (χ2n) is 4.95. The second-order valence-corrected chi connectivity index (χ2v) is 5.38. The number of hydrogen-bond donors (Lipinski definition) is 2. The molecule has 116 valence electrons. The van der Waals surface area contributed by atoms with E-state index in [2.05, 4.69) is 15.6 Å². The number of nitrogens with zero attached hydrogens (tertiary/aromatic N) is 1. The maximum atomic E-state index is 13.7. The number of halogens is 2. The summed E-state index contributed by atoms with van der Waals surface area (Å²) in [6.07, 6.45) is 3.38. The summed E-state index contributed by atoms with van der Waals surface area (Å²) in [6, 6.07) is 11.3. The van der Waals surface area contributed by atoms with Crippen molar-refractivity contribution in [2.24, 2.45) is 0 Å². The lowest BCUT2D eigenvalue weighted by atomic mass is 10.1. The average molecular weight is 330 g/mol. The molecule has 3 rings (SSSR count). The van der Waals surface area contributed by atoms with Crippen LogP contribution >= 0.6 is 11.6 Å². The molecule has 0 spiro atoms. The molecular weight excluding hydrogens is 317 g/mol. The van der Waals surface area contributed by atoms with E-state index in [0.717, 1.165) is 10.8 Å². The van der Waals surface area contributed by atoms with Gasteiger partial charge in [0.1, 0.15) is 5.82 Å². The van der Waals surface area contributed by atoms with Gasteiger partial charge in [0.2, 0.25) is 0 Å². The van der Waals surface area contributed by atoms with Crippen LogP contribution in [0.15, 0.2) is 54.9 Å². The first-order chi connectivity index (χ1) is 11.1. The summed E-state index contributed by atoms with van der Waals surface area (Å²) in [6.45, 7) is 0.0706. The van der Waals surface area contributed by atoms with Gasteiger partial charge < -0.3 is 10.6 Å². The molecule has 0 unspecified atom stereocenters. The molecule has 0 aliphatic heterocycles. The van der Waals surface area contributed by atoms with Crippen LogP contribution in [0.2, 0.25) is 5.02 Å². The van der Waals surface area contributed by atoms with Gasteiger partial charge in [-0.25, -0.2) is 9.18 Å². The average Bonchev–Trinajstić information content (AvgIpc) is 2.54. The van der Waals surface area contributed by atoms with Gasteiger partial charge in [0.15, 0.2) is 0 Å². The fourth-order valence-electron chi connectivity index (χ4n) is 2.24. The first kappa shape index (κ1) is 15.2. The van der Waals surface area contributed by atoms with Crippen molar-refractivity contribution >= 4 is 34.1 Å². The number of carbonyl (C=O) groups excluding carboxylic acids is 1. The molecule has 0 saturated carbocycles. The maximum absolute atomic E-state index is 13.7. The van der Waals surface area contributed by atoms with Crippen molar-refractivity contribution in [2.75, 3.05) is 5.32 Å². The third kappa shape index (κ3) is 3.57. The van der Waals surface area contributed by atoms with Crippen LogP contribution in [0.5, 0.6) is 0 Å². The largest absolute Gasteiger partial charge is 0.334 e. The highest BCUT2D eigenvalue weighted by Gasteiger charge is 2.07. The molecule has 6 heteroatoms. The lowest BCUT2D eigenvalue weighted by Crippen LogP contribution is -2.28. The molecule has 3 aromatic rings. The Balaban J connectivity index is 1.69. The predicted octanol–water partition coefficient (Wildman–Crippen LogP) is 4.35. The summed E-state index contributed by atoms with van der Waals surface area (Å²) in [7, 11) is 0. The SMILES string of the molecule is O=C(NCc1ccc(Cl)cc1F)Nc1cccc2cnccc12. The van der Waals surface area contributed by atoms with Gasteiger partial charge in [0.05, 0.1) is 5.69 Å². The first-order valence-electron chi connectivity index (χ1n) is 6.95. The van der Waals surface area contributed by atoms with Gasteiger partial charge in [0.25, 0.3) is 0 Å². The standard InChI is InChI=1S/C17H13ClFN3O/c18-13-5-4-12(15(19)8-13)10-21-17(23)22-16-3-1-2-11-9-20-7-6-14(11)16/h1-9H,10H2,(H2,21,22,23). The summed E-state index contributed by atoms with van der Waals surface area (Å²) in [5, 5.41) is 7.51. The summed E-state index contributed by atoms with van der Waals surface area (Å²) in [5.74, 6) is -0.450. The number of nitrogens with one attached hydrogen (secondary N) is 2. The quantitative estimate of drug-likeness (QED) is 0.750. The van der Waals surface area contributed by atoms with E-state index in [0.29, 0.717) is 16.3 Å². The smallest absolute Gasteiger partial charge is 0.319 e. The third-order valence-electron chi connectivity index (χ3n) is 3.38. The molecule has 0 bridgehead atoms.